The second kappa shape index (κ2) is 10.3. The van der Waals surface area contributed by atoms with Crippen LogP contribution in [0.3, 0.4) is 0 Å². The number of alkyl halides is 2. The Hall–Kier alpha value is -3.01. The number of hydrogen-bond acceptors (Lipinski definition) is 5. The number of carbonyl (C=O) groups excluding carboxylic acids is 1. The molecule has 0 aliphatic carbocycles. The van der Waals surface area contributed by atoms with Crippen molar-refractivity contribution >= 4 is 28.6 Å². The van der Waals surface area contributed by atoms with E-state index in [1.54, 1.807) is 24.3 Å². The third kappa shape index (κ3) is 5.50. The lowest BCUT2D eigenvalue weighted by Gasteiger charge is -2.24. The number of nitrogens with two attached hydrogens (primary N) is 2. The number of likely N-dealkylation sites (tertiary alicyclic amines) is 1. The highest BCUT2D eigenvalue weighted by Gasteiger charge is 2.28. The molecule has 1 atom stereocenters. The first-order chi connectivity index (χ1) is 15.9. The molecular formula is C23H30F2N6O2. The lowest BCUT2D eigenvalue weighted by Crippen LogP contribution is -2.32. The second-order valence-electron chi connectivity index (χ2n) is 8.68. The number of rotatable bonds is 7. The van der Waals surface area contributed by atoms with Crippen LogP contribution in [0.15, 0.2) is 35.3 Å². The van der Waals surface area contributed by atoms with Gasteiger partial charge in [-0.15, -0.1) is 0 Å². The Morgan fingerprint density at radius 2 is 1.97 bits per heavy atom. The predicted octanol–water partition coefficient (Wildman–Crippen LogP) is 2.75. The summed E-state index contributed by atoms with van der Waals surface area (Å²) in [5.74, 6) is 0.550. The molecule has 0 radical (unpaired) electrons. The fourth-order valence-electron chi connectivity index (χ4n) is 4.49. The number of hydrogen-bond donors (Lipinski definition) is 2. The van der Waals surface area contributed by atoms with Crippen molar-refractivity contribution in [3.8, 4) is 0 Å². The van der Waals surface area contributed by atoms with Crippen LogP contribution in [0.1, 0.15) is 37.9 Å². The molecule has 0 saturated carbocycles. The first-order valence-corrected chi connectivity index (χ1v) is 11.3. The Bertz CT molecular complexity index is 1040. The molecule has 0 spiro atoms. The Morgan fingerprint density at radius 1 is 1.21 bits per heavy atom. The van der Waals surface area contributed by atoms with Crippen LogP contribution in [0.25, 0.3) is 16.9 Å². The minimum atomic E-state index is -2.79. The largest absolute Gasteiger partial charge is 0.385 e. The highest BCUT2D eigenvalue weighted by Crippen LogP contribution is 2.26. The number of aliphatic imine (C=N–C) groups is 1. The SMILES string of the molecule is NC(/C=C(\N)n1c(C(F)F)nc2ccccc21)=NC[C@H]1CCN(C(=O)CC2CCOCC2)C1. The topological polar surface area (TPSA) is 112 Å². The summed E-state index contributed by atoms with van der Waals surface area (Å²) in [4.78, 5) is 22.9. The molecule has 10 heteroatoms. The number of aromatic nitrogens is 2. The summed E-state index contributed by atoms with van der Waals surface area (Å²) in [6.45, 7) is 3.29. The van der Waals surface area contributed by atoms with Crippen molar-refractivity contribution < 1.29 is 18.3 Å². The molecular weight excluding hydrogens is 430 g/mol. The summed E-state index contributed by atoms with van der Waals surface area (Å²) in [7, 11) is 0. The van der Waals surface area contributed by atoms with Crippen LogP contribution < -0.4 is 11.5 Å². The van der Waals surface area contributed by atoms with E-state index in [1.165, 1.54) is 10.6 Å². The number of imidazole rings is 1. The molecule has 2 aromatic rings. The van der Waals surface area contributed by atoms with E-state index in [-0.39, 0.29) is 23.5 Å². The maximum Gasteiger partial charge on any atom is 0.296 e. The maximum absolute atomic E-state index is 13.5. The minimum absolute atomic E-state index is 0.0277. The van der Waals surface area contributed by atoms with Crippen molar-refractivity contribution in [1.82, 2.24) is 14.5 Å². The van der Waals surface area contributed by atoms with Gasteiger partial charge < -0.3 is 21.1 Å². The van der Waals surface area contributed by atoms with Crippen LogP contribution in [0, 0.1) is 11.8 Å². The smallest absolute Gasteiger partial charge is 0.296 e. The molecule has 4 N–H and O–H groups in total. The number of halogens is 2. The highest BCUT2D eigenvalue weighted by molar-refractivity contribution is 5.96. The molecule has 1 amide bonds. The molecule has 3 heterocycles. The first-order valence-electron chi connectivity index (χ1n) is 11.3. The molecule has 33 heavy (non-hydrogen) atoms. The van der Waals surface area contributed by atoms with Gasteiger partial charge in [0.15, 0.2) is 5.82 Å². The molecule has 1 aromatic carbocycles. The van der Waals surface area contributed by atoms with E-state index < -0.39 is 12.2 Å². The monoisotopic (exact) mass is 460 g/mol. The van der Waals surface area contributed by atoms with Gasteiger partial charge in [0.1, 0.15) is 11.7 Å². The van der Waals surface area contributed by atoms with Crippen molar-refractivity contribution in [2.24, 2.45) is 28.3 Å². The van der Waals surface area contributed by atoms with Gasteiger partial charge in [0, 0.05) is 45.3 Å². The summed E-state index contributed by atoms with van der Waals surface area (Å²) >= 11 is 0. The van der Waals surface area contributed by atoms with Crippen molar-refractivity contribution in [3.05, 3.63) is 36.2 Å². The van der Waals surface area contributed by atoms with Crippen molar-refractivity contribution in [2.75, 3.05) is 32.8 Å². The molecule has 1 aromatic heterocycles. The number of benzene rings is 1. The summed E-state index contributed by atoms with van der Waals surface area (Å²) in [6, 6.07) is 6.78. The third-order valence-corrected chi connectivity index (χ3v) is 6.31. The van der Waals surface area contributed by atoms with Gasteiger partial charge >= 0.3 is 0 Å². The van der Waals surface area contributed by atoms with E-state index in [1.807, 2.05) is 4.90 Å². The third-order valence-electron chi connectivity index (χ3n) is 6.31. The molecule has 0 bridgehead atoms. The van der Waals surface area contributed by atoms with Crippen molar-refractivity contribution in [2.45, 2.75) is 32.1 Å². The van der Waals surface area contributed by atoms with E-state index >= 15 is 0 Å². The van der Waals surface area contributed by atoms with Gasteiger partial charge in [0.2, 0.25) is 5.91 Å². The molecule has 2 fully saturated rings. The van der Waals surface area contributed by atoms with Crippen LogP contribution in [0.5, 0.6) is 0 Å². The van der Waals surface area contributed by atoms with Crippen molar-refractivity contribution in [3.63, 3.8) is 0 Å². The molecule has 2 saturated heterocycles. The van der Waals surface area contributed by atoms with Gasteiger partial charge in [-0.2, -0.15) is 0 Å². The Balaban J connectivity index is 1.37. The highest BCUT2D eigenvalue weighted by atomic mass is 19.3. The molecule has 0 unspecified atom stereocenters. The number of nitrogens with zero attached hydrogens (tertiary/aromatic N) is 4. The van der Waals surface area contributed by atoms with Gasteiger partial charge in [-0.3, -0.25) is 14.4 Å². The van der Waals surface area contributed by atoms with Gasteiger partial charge in [-0.05, 0) is 43.2 Å². The number of fused-ring (bicyclic) bond motifs is 1. The first kappa shape index (κ1) is 23.2. The molecule has 8 nitrogen and oxygen atoms in total. The number of carbonyl (C=O) groups is 1. The summed E-state index contributed by atoms with van der Waals surface area (Å²) in [6.07, 6.45) is 1.91. The zero-order valence-electron chi connectivity index (χ0n) is 18.5. The van der Waals surface area contributed by atoms with E-state index in [0.29, 0.717) is 36.5 Å². The number of ether oxygens (including phenoxy) is 1. The normalized spacial score (nSPS) is 20.8. The fourth-order valence-corrected chi connectivity index (χ4v) is 4.49. The van der Waals surface area contributed by atoms with E-state index in [2.05, 4.69) is 9.98 Å². The molecule has 4 rings (SSSR count). The Labute approximate surface area is 191 Å². The average molecular weight is 461 g/mol. The zero-order valence-corrected chi connectivity index (χ0v) is 18.5. The standard InChI is InChI=1S/C23H30F2N6O2/c24-22(25)23-29-17-3-1-2-4-18(17)31(23)20(27)12-19(26)28-13-16-5-8-30(14-16)21(32)11-15-6-9-33-10-7-15/h1-4,12,15-16,22H,5-11,13-14,27H2,(H2,26,28)/b20-12+/t16-/m1/s1. The molecule has 2 aliphatic rings. The lowest BCUT2D eigenvalue weighted by molar-refractivity contribution is -0.131. The van der Waals surface area contributed by atoms with Crippen LogP contribution in [0.4, 0.5) is 8.78 Å². The van der Waals surface area contributed by atoms with E-state index in [9.17, 15) is 13.6 Å². The van der Waals surface area contributed by atoms with Crippen LogP contribution >= 0.6 is 0 Å². The second-order valence-corrected chi connectivity index (χ2v) is 8.68. The zero-order chi connectivity index (χ0) is 23.4. The molecule has 2 aliphatic heterocycles. The summed E-state index contributed by atoms with van der Waals surface area (Å²) in [5, 5.41) is 0. The number of amidine groups is 1. The van der Waals surface area contributed by atoms with Gasteiger partial charge in [-0.1, -0.05) is 12.1 Å². The lowest BCUT2D eigenvalue weighted by atomic mass is 9.96. The molecule has 178 valence electrons. The average Bonchev–Trinajstić information content (AvgIpc) is 3.43. The van der Waals surface area contributed by atoms with E-state index in [0.717, 1.165) is 39.0 Å². The summed E-state index contributed by atoms with van der Waals surface area (Å²) in [5.41, 5.74) is 13.0. The fraction of sp³-hybridized carbons (Fsp3) is 0.522. The predicted molar refractivity (Wildman–Crippen MR) is 122 cm³/mol. The number of para-hydroxylation sites is 2. The van der Waals surface area contributed by atoms with Crippen LogP contribution in [-0.4, -0.2) is 59.0 Å². The quantitative estimate of drug-likeness (QED) is 0.487. The van der Waals surface area contributed by atoms with Crippen molar-refractivity contribution in [1.29, 1.82) is 0 Å². The Kier molecular flexibility index (Phi) is 7.22. The van der Waals surface area contributed by atoms with Gasteiger partial charge in [0.05, 0.1) is 11.0 Å². The van der Waals surface area contributed by atoms with Crippen LogP contribution in [-0.2, 0) is 9.53 Å². The van der Waals surface area contributed by atoms with Gasteiger partial charge in [-0.25, -0.2) is 13.8 Å². The Morgan fingerprint density at radius 3 is 2.73 bits per heavy atom. The van der Waals surface area contributed by atoms with E-state index in [4.69, 9.17) is 16.2 Å². The minimum Gasteiger partial charge on any atom is -0.385 e. The van der Waals surface area contributed by atoms with Crippen LogP contribution in [0.2, 0.25) is 0 Å². The maximum atomic E-state index is 13.5. The van der Waals surface area contributed by atoms with Gasteiger partial charge in [0.25, 0.3) is 6.43 Å². The number of amides is 1. The summed E-state index contributed by atoms with van der Waals surface area (Å²) < 4.78 is 33.6.